The number of carbonyl (C=O) groups excluding carboxylic acids is 1. The second-order valence-corrected chi connectivity index (χ2v) is 5.49. The molecular formula is C11H19ClN2O5S. The van der Waals surface area contributed by atoms with Crippen LogP contribution in [0.2, 0.25) is 0 Å². The average molecular weight is 327 g/mol. The second-order valence-electron chi connectivity index (χ2n) is 3.79. The van der Waals surface area contributed by atoms with E-state index >= 15 is 0 Å². The van der Waals surface area contributed by atoms with Crippen LogP contribution < -0.4 is 10.0 Å². The summed E-state index contributed by atoms with van der Waals surface area (Å²) in [5, 5.41) is 2.76. The molecule has 0 spiro atoms. The molecule has 0 fully saturated rings. The van der Waals surface area contributed by atoms with Gasteiger partial charge in [0.2, 0.25) is 5.09 Å². The lowest BCUT2D eigenvalue weighted by Crippen LogP contribution is -2.32. The Balaban J connectivity index is 0.00000361. The fourth-order valence-electron chi connectivity index (χ4n) is 1.33. The van der Waals surface area contributed by atoms with E-state index < -0.39 is 16.0 Å². The van der Waals surface area contributed by atoms with Crippen molar-refractivity contribution in [3.05, 3.63) is 17.9 Å². The van der Waals surface area contributed by atoms with Crippen LogP contribution in [0.3, 0.4) is 0 Å². The van der Waals surface area contributed by atoms with E-state index in [1.54, 1.807) is 0 Å². The van der Waals surface area contributed by atoms with Gasteiger partial charge in [-0.3, -0.25) is 0 Å². The molecule has 0 saturated carbocycles. The molecule has 0 aliphatic heterocycles. The summed E-state index contributed by atoms with van der Waals surface area (Å²) in [6.45, 7) is 3.62. The van der Waals surface area contributed by atoms with Crippen molar-refractivity contribution in [3.8, 4) is 0 Å². The molecule has 0 atom stereocenters. The Hall–Kier alpha value is -1.09. The van der Waals surface area contributed by atoms with Gasteiger partial charge in [0.05, 0.1) is 12.7 Å². The smallest absolute Gasteiger partial charge is 0.341 e. The van der Waals surface area contributed by atoms with Gasteiger partial charge >= 0.3 is 5.97 Å². The van der Waals surface area contributed by atoms with Gasteiger partial charge in [0.25, 0.3) is 10.0 Å². The van der Waals surface area contributed by atoms with Crippen LogP contribution in [0.25, 0.3) is 0 Å². The summed E-state index contributed by atoms with van der Waals surface area (Å²) in [6, 6.07) is 1.13. The van der Waals surface area contributed by atoms with Gasteiger partial charge in [-0.2, -0.15) is 0 Å². The monoisotopic (exact) mass is 326 g/mol. The molecule has 0 aliphatic carbocycles. The van der Waals surface area contributed by atoms with Crippen LogP contribution in [0.4, 0.5) is 0 Å². The SMILES string of the molecule is CCCNCCNS(=O)(=O)c1cc(C(=O)OC)co1.Cl. The van der Waals surface area contributed by atoms with Crippen LogP contribution in [-0.4, -0.2) is 41.1 Å². The van der Waals surface area contributed by atoms with Crippen molar-refractivity contribution in [2.75, 3.05) is 26.7 Å². The Morgan fingerprint density at radius 3 is 2.65 bits per heavy atom. The summed E-state index contributed by atoms with van der Waals surface area (Å²) in [5.41, 5.74) is 0.0620. The predicted octanol–water partition coefficient (Wildman–Crippen LogP) is 0.766. The minimum Gasteiger partial charge on any atom is -0.465 e. The number of methoxy groups -OCH3 is 1. The molecule has 0 radical (unpaired) electrons. The van der Waals surface area contributed by atoms with Crippen LogP contribution in [0.15, 0.2) is 21.8 Å². The number of rotatable bonds is 8. The van der Waals surface area contributed by atoms with Crippen LogP contribution in [0.5, 0.6) is 0 Å². The van der Waals surface area contributed by atoms with Gasteiger partial charge in [0.15, 0.2) is 0 Å². The lowest BCUT2D eigenvalue weighted by atomic mass is 10.3. The van der Waals surface area contributed by atoms with E-state index in [2.05, 4.69) is 14.8 Å². The predicted molar refractivity (Wildman–Crippen MR) is 75.6 cm³/mol. The lowest BCUT2D eigenvalue weighted by Gasteiger charge is -2.04. The van der Waals surface area contributed by atoms with Gasteiger partial charge in [0.1, 0.15) is 6.26 Å². The van der Waals surface area contributed by atoms with Crippen molar-refractivity contribution in [1.29, 1.82) is 0 Å². The van der Waals surface area contributed by atoms with Crippen LogP contribution in [0, 0.1) is 0 Å². The third kappa shape index (κ3) is 5.49. The van der Waals surface area contributed by atoms with Crippen molar-refractivity contribution < 1.29 is 22.4 Å². The zero-order valence-corrected chi connectivity index (χ0v) is 13.0. The van der Waals surface area contributed by atoms with Crippen LogP contribution in [0.1, 0.15) is 23.7 Å². The largest absolute Gasteiger partial charge is 0.465 e. The number of carbonyl (C=O) groups is 1. The number of halogens is 1. The third-order valence-corrected chi connectivity index (χ3v) is 3.61. The summed E-state index contributed by atoms with van der Waals surface area (Å²) in [5.74, 6) is -0.644. The Morgan fingerprint density at radius 2 is 2.05 bits per heavy atom. The van der Waals surface area contributed by atoms with Crippen LogP contribution >= 0.6 is 12.4 Å². The van der Waals surface area contributed by atoms with Crippen LogP contribution in [-0.2, 0) is 14.8 Å². The maximum absolute atomic E-state index is 11.8. The average Bonchev–Trinajstić information content (AvgIpc) is 2.88. The minimum atomic E-state index is -3.73. The maximum atomic E-state index is 11.8. The molecule has 0 unspecified atom stereocenters. The normalized spacial score (nSPS) is 10.9. The summed E-state index contributed by atoms with van der Waals surface area (Å²) >= 11 is 0. The van der Waals surface area contributed by atoms with E-state index in [0.29, 0.717) is 6.54 Å². The van der Waals surface area contributed by atoms with Gasteiger partial charge in [-0.25, -0.2) is 17.9 Å². The fourth-order valence-corrected chi connectivity index (χ4v) is 2.30. The summed E-state index contributed by atoms with van der Waals surface area (Å²) in [7, 11) is -2.52. The van der Waals surface area contributed by atoms with Crippen molar-refractivity contribution in [2.24, 2.45) is 0 Å². The van der Waals surface area contributed by atoms with Crippen molar-refractivity contribution in [2.45, 2.75) is 18.4 Å². The highest BCUT2D eigenvalue weighted by molar-refractivity contribution is 7.89. The molecular weight excluding hydrogens is 308 g/mol. The van der Waals surface area contributed by atoms with E-state index in [-0.39, 0.29) is 29.6 Å². The molecule has 0 aliphatic rings. The molecule has 116 valence electrons. The summed E-state index contributed by atoms with van der Waals surface area (Å²) in [6.07, 6.45) is 2.03. The van der Waals surface area contributed by atoms with E-state index in [0.717, 1.165) is 25.3 Å². The van der Waals surface area contributed by atoms with Crippen molar-refractivity contribution in [3.63, 3.8) is 0 Å². The topological polar surface area (TPSA) is 97.6 Å². The fraction of sp³-hybridized carbons (Fsp3) is 0.545. The zero-order chi connectivity index (χ0) is 14.3. The number of nitrogens with one attached hydrogen (secondary N) is 2. The molecule has 0 amide bonds. The minimum absolute atomic E-state index is 0. The molecule has 1 heterocycles. The van der Waals surface area contributed by atoms with E-state index in [4.69, 9.17) is 4.42 Å². The first-order valence-electron chi connectivity index (χ1n) is 5.88. The van der Waals surface area contributed by atoms with Crippen molar-refractivity contribution in [1.82, 2.24) is 10.0 Å². The molecule has 20 heavy (non-hydrogen) atoms. The Labute approximate surface area is 124 Å². The summed E-state index contributed by atoms with van der Waals surface area (Å²) in [4.78, 5) is 11.2. The third-order valence-electron chi connectivity index (χ3n) is 2.28. The highest BCUT2D eigenvalue weighted by Gasteiger charge is 2.20. The number of hydrogen-bond donors (Lipinski definition) is 2. The first-order chi connectivity index (χ1) is 9.01. The Morgan fingerprint density at radius 1 is 1.35 bits per heavy atom. The molecule has 0 aromatic carbocycles. The molecule has 1 aromatic heterocycles. The number of hydrogen-bond acceptors (Lipinski definition) is 6. The molecule has 7 nitrogen and oxygen atoms in total. The van der Waals surface area contributed by atoms with Gasteiger partial charge in [-0.05, 0) is 13.0 Å². The lowest BCUT2D eigenvalue weighted by molar-refractivity contribution is 0.0600. The number of furan rings is 1. The highest BCUT2D eigenvalue weighted by Crippen LogP contribution is 2.14. The van der Waals surface area contributed by atoms with E-state index in [1.165, 1.54) is 7.11 Å². The van der Waals surface area contributed by atoms with Gasteiger partial charge in [0, 0.05) is 19.2 Å². The quantitative estimate of drug-likeness (QED) is 0.541. The van der Waals surface area contributed by atoms with Crippen molar-refractivity contribution >= 4 is 28.4 Å². The molecule has 1 aromatic rings. The molecule has 0 saturated heterocycles. The molecule has 2 N–H and O–H groups in total. The highest BCUT2D eigenvalue weighted by atomic mass is 35.5. The number of ether oxygens (including phenoxy) is 1. The zero-order valence-electron chi connectivity index (χ0n) is 11.3. The number of sulfonamides is 1. The maximum Gasteiger partial charge on any atom is 0.341 e. The first-order valence-corrected chi connectivity index (χ1v) is 7.36. The number of esters is 1. The van der Waals surface area contributed by atoms with Gasteiger partial charge in [-0.15, -0.1) is 12.4 Å². The Bertz CT molecular complexity index is 515. The molecule has 0 bridgehead atoms. The molecule has 1 rings (SSSR count). The standard InChI is InChI=1S/C11H18N2O5S.ClH/c1-3-4-12-5-6-13-19(15,16)10-7-9(8-18-10)11(14)17-2;/h7-8,12-13H,3-6H2,1-2H3;1H. The van der Waals surface area contributed by atoms with E-state index in [1.807, 2.05) is 6.92 Å². The molecule has 9 heteroatoms. The van der Waals surface area contributed by atoms with Gasteiger partial charge in [-0.1, -0.05) is 6.92 Å². The second kappa shape index (κ2) is 8.96. The first kappa shape index (κ1) is 18.9. The summed E-state index contributed by atoms with van der Waals surface area (Å²) < 4.78 is 35.3. The van der Waals surface area contributed by atoms with Gasteiger partial charge < -0.3 is 14.5 Å². The Kier molecular flexibility index (Phi) is 8.47. The van der Waals surface area contributed by atoms with E-state index in [9.17, 15) is 13.2 Å².